The van der Waals surface area contributed by atoms with Crippen LogP contribution in [0.25, 0.3) is 11.0 Å². The Bertz CT molecular complexity index is 1190. The quantitative estimate of drug-likeness (QED) is 0.362. The summed E-state index contributed by atoms with van der Waals surface area (Å²) in [6.45, 7) is 1.52. The van der Waals surface area contributed by atoms with Crippen molar-refractivity contribution in [1.29, 1.82) is 0 Å². The summed E-state index contributed by atoms with van der Waals surface area (Å²) in [5.74, 6) is 0.994. The fourth-order valence-corrected chi connectivity index (χ4v) is 3.47. The van der Waals surface area contributed by atoms with Crippen LogP contribution in [0.2, 0.25) is 0 Å². The lowest BCUT2D eigenvalue weighted by Gasteiger charge is -2.12. The molecule has 8 heteroatoms. The smallest absolute Gasteiger partial charge is 0.416 e. The number of nitrogens with one attached hydrogen (secondary N) is 1. The minimum atomic E-state index is -4.37. The van der Waals surface area contributed by atoms with Gasteiger partial charge in [0.1, 0.15) is 24.0 Å². The van der Waals surface area contributed by atoms with Gasteiger partial charge in [-0.25, -0.2) is 9.37 Å². The van der Waals surface area contributed by atoms with E-state index in [9.17, 15) is 17.6 Å². The second-order valence-corrected chi connectivity index (χ2v) is 7.27. The van der Waals surface area contributed by atoms with Crippen molar-refractivity contribution in [3.63, 3.8) is 0 Å². The molecule has 1 N–H and O–H groups in total. The maximum absolute atomic E-state index is 13.1. The monoisotopic (exact) mass is 443 g/mol. The topological polar surface area (TPSA) is 39.1 Å². The number of rotatable bonds is 8. The summed E-state index contributed by atoms with van der Waals surface area (Å²) in [5.41, 5.74) is 1.64. The number of hydrogen-bond donors (Lipinski definition) is 1. The SMILES string of the molecule is Fc1ccc(OCCn2c(CNCc3cccc(C(F)(F)F)c3)nc3ccccc32)cc1. The van der Waals surface area contributed by atoms with Gasteiger partial charge < -0.3 is 14.6 Å². The minimum Gasteiger partial charge on any atom is -0.492 e. The molecule has 1 aromatic heterocycles. The Morgan fingerprint density at radius 2 is 1.69 bits per heavy atom. The third kappa shape index (κ3) is 5.26. The maximum Gasteiger partial charge on any atom is 0.416 e. The summed E-state index contributed by atoms with van der Waals surface area (Å²) in [6, 6.07) is 18.8. The maximum atomic E-state index is 13.1. The molecule has 0 unspecified atom stereocenters. The first kappa shape index (κ1) is 21.8. The van der Waals surface area contributed by atoms with Gasteiger partial charge in [-0.05, 0) is 48.0 Å². The standard InChI is InChI=1S/C24H21F4N3O/c25-19-8-10-20(11-9-19)32-13-12-31-22-7-2-1-6-21(22)30-23(31)16-29-15-17-4-3-5-18(14-17)24(26,27)28/h1-11,14,29H,12-13,15-16H2. The highest BCUT2D eigenvalue weighted by Gasteiger charge is 2.30. The number of alkyl halides is 3. The van der Waals surface area contributed by atoms with E-state index in [0.29, 0.717) is 31.0 Å². The Hall–Kier alpha value is -3.39. The average molecular weight is 443 g/mol. The van der Waals surface area contributed by atoms with Gasteiger partial charge in [0, 0.05) is 6.54 Å². The van der Waals surface area contributed by atoms with Crippen molar-refractivity contribution in [3.05, 3.63) is 95.6 Å². The Balaban J connectivity index is 1.43. The lowest BCUT2D eigenvalue weighted by atomic mass is 10.1. The lowest BCUT2D eigenvalue weighted by molar-refractivity contribution is -0.137. The summed E-state index contributed by atoms with van der Waals surface area (Å²) in [5, 5.41) is 3.18. The van der Waals surface area contributed by atoms with Gasteiger partial charge in [-0.3, -0.25) is 0 Å². The summed E-state index contributed by atoms with van der Waals surface area (Å²) in [7, 11) is 0. The van der Waals surface area contributed by atoms with Gasteiger partial charge in [0.25, 0.3) is 0 Å². The van der Waals surface area contributed by atoms with E-state index in [0.717, 1.165) is 29.0 Å². The summed E-state index contributed by atoms with van der Waals surface area (Å²) in [6.07, 6.45) is -4.37. The number of hydrogen-bond acceptors (Lipinski definition) is 3. The van der Waals surface area contributed by atoms with Crippen LogP contribution in [0.3, 0.4) is 0 Å². The van der Waals surface area contributed by atoms with Crippen LogP contribution in [0, 0.1) is 5.82 Å². The zero-order valence-electron chi connectivity index (χ0n) is 17.1. The van der Waals surface area contributed by atoms with E-state index in [1.807, 2.05) is 28.8 Å². The molecule has 0 aliphatic heterocycles. The third-order valence-electron chi connectivity index (χ3n) is 5.00. The van der Waals surface area contributed by atoms with Crippen molar-refractivity contribution in [1.82, 2.24) is 14.9 Å². The van der Waals surface area contributed by atoms with Crippen LogP contribution in [0.4, 0.5) is 17.6 Å². The van der Waals surface area contributed by atoms with Crippen LogP contribution < -0.4 is 10.1 Å². The molecule has 0 fully saturated rings. The van der Waals surface area contributed by atoms with Crippen LogP contribution in [-0.2, 0) is 25.8 Å². The van der Waals surface area contributed by atoms with E-state index in [4.69, 9.17) is 4.74 Å². The third-order valence-corrected chi connectivity index (χ3v) is 5.00. The minimum absolute atomic E-state index is 0.277. The largest absolute Gasteiger partial charge is 0.492 e. The molecule has 3 aromatic carbocycles. The van der Waals surface area contributed by atoms with E-state index in [2.05, 4.69) is 10.3 Å². The number of imidazole rings is 1. The zero-order valence-corrected chi connectivity index (χ0v) is 17.1. The van der Waals surface area contributed by atoms with Crippen molar-refractivity contribution in [3.8, 4) is 5.75 Å². The first-order valence-electron chi connectivity index (χ1n) is 10.1. The summed E-state index contributed by atoms with van der Waals surface area (Å²) in [4.78, 5) is 4.65. The molecule has 166 valence electrons. The Morgan fingerprint density at radius 3 is 2.47 bits per heavy atom. The number of nitrogens with zero attached hydrogens (tertiary/aromatic N) is 2. The zero-order chi connectivity index (χ0) is 22.6. The second-order valence-electron chi connectivity index (χ2n) is 7.27. The molecule has 1 heterocycles. The molecule has 4 aromatic rings. The molecular weight excluding hydrogens is 422 g/mol. The number of ether oxygens (including phenoxy) is 1. The fraction of sp³-hybridized carbons (Fsp3) is 0.208. The fourth-order valence-electron chi connectivity index (χ4n) is 3.47. The average Bonchev–Trinajstić information content (AvgIpc) is 3.12. The van der Waals surface area contributed by atoms with Crippen LogP contribution in [-0.4, -0.2) is 16.2 Å². The highest BCUT2D eigenvalue weighted by atomic mass is 19.4. The van der Waals surface area contributed by atoms with Gasteiger partial charge in [-0.1, -0.05) is 30.3 Å². The van der Waals surface area contributed by atoms with Gasteiger partial charge in [-0.15, -0.1) is 0 Å². The van der Waals surface area contributed by atoms with Crippen molar-refractivity contribution >= 4 is 11.0 Å². The molecular formula is C24H21F4N3O. The molecule has 0 atom stereocenters. The van der Waals surface area contributed by atoms with E-state index in [-0.39, 0.29) is 12.4 Å². The number of benzene rings is 3. The van der Waals surface area contributed by atoms with Gasteiger partial charge >= 0.3 is 6.18 Å². The number of fused-ring (bicyclic) bond motifs is 1. The molecule has 0 bridgehead atoms. The molecule has 0 amide bonds. The van der Waals surface area contributed by atoms with E-state index < -0.39 is 11.7 Å². The molecule has 0 aliphatic carbocycles. The number of para-hydroxylation sites is 2. The first-order valence-corrected chi connectivity index (χ1v) is 10.1. The van der Waals surface area contributed by atoms with Gasteiger partial charge in [0.2, 0.25) is 0 Å². The lowest BCUT2D eigenvalue weighted by Crippen LogP contribution is -2.19. The summed E-state index contributed by atoms with van der Waals surface area (Å²) >= 11 is 0. The normalized spacial score (nSPS) is 11.8. The van der Waals surface area contributed by atoms with Gasteiger partial charge in [0.05, 0.1) is 29.7 Å². The first-order chi connectivity index (χ1) is 15.4. The molecule has 0 aliphatic rings. The van der Waals surface area contributed by atoms with Crippen molar-refractivity contribution in [2.24, 2.45) is 0 Å². The van der Waals surface area contributed by atoms with Gasteiger partial charge in [-0.2, -0.15) is 13.2 Å². The molecule has 4 rings (SSSR count). The Labute approximate surface area is 182 Å². The Morgan fingerprint density at radius 1 is 0.906 bits per heavy atom. The van der Waals surface area contributed by atoms with E-state index in [1.165, 1.54) is 18.2 Å². The van der Waals surface area contributed by atoms with Crippen LogP contribution in [0.1, 0.15) is 17.0 Å². The molecule has 0 radical (unpaired) electrons. The van der Waals surface area contributed by atoms with Gasteiger partial charge in [0.15, 0.2) is 0 Å². The van der Waals surface area contributed by atoms with Crippen LogP contribution >= 0.6 is 0 Å². The predicted molar refractivity (Wildman–Crippen MR) is 114 cm³/mol. The Kier molecular flexibility index (Phi) is 6.41. The highest BCUT2D eigenvalue weighted by molar-refractivity contribution is 5.75. The predicted octanol–water partition coefficient (Wildman–Crippen LogP) is 5.56. The molecule has 4 nitrogen and oxygen atoms in total. The summed E-state index contributed by atoms with van der Waals surface area (Å²) < 4.78 is 59.5. The van der Waals surface area contributed by atoms with Crippen molar-refractivity contribution in [2.45, 2.75) is 25.8 Å². The molecule has 0 spiro atoms. The molecule has 0 saturated heterocycles. The van der Waals surface area contributed by atoms with Crippen molar-refractivity contribution in [2.75, 3.05) is 6.61 Å². The number of aromatic nitrogens is 2. The van der Waals surface area contributed by atoms with E-state index in [1.54, 1.807) is 18.2 Å². The second kappa shape index (κ2) is 9.40. The van der Waals surface area contributed by atoms with Crippen LogP contribution in [0.15, 0.2) is 72.8 Å². The molecule has 32 heavy (non-hydrogen) atoms. The van der Waals surface area contributed by atoms with Crippen molar-refractivity contribution < 1.29 is 22.3 Å². The number of halogens is 4. The van der Waals surface area contributed by atoms with Crippen LogP contribution in [0.5, 0.6) is 5.75 Å². The highest BCUT2D eigenvalue weighted by Crippen LogP contribution is 2.29. The molecule has 0 saturated carbocycles. The van der Waals surface area contributed by atoms with E-state index >= 15 is 0 Å².